The summed E-state index contributed by atoms with van der Waals surface area (Å²) >= 11 is 0. The van der Waals surface area contributed by atoms with Crippen LogP contribution < -0.4 is 5.73 Å². The van der Waals surface area contributed by atoms with Crippen LogP contribution in [0, 0.1) is 0 Å². The Hall–Kier alpha value is -0.0800. The van der Waals surface area contributed by atoms with Crippen molar-refractivity contribution < 1.29 is 5.11 Å². The molecule has 0 bridgehead atoms. The molecule has 0 aliphatic rings. The summed E-state index contributed by atoms with van der Waals surface area (Å²) in [5.74, 6) is 0. The third-order valence-electron chi connectivity index (χ3n) is 3.16. The summed E-state index contributed by atoms with van der Waals surface area (Å²) in [7, 11) is 0. The van der Waals surface area contributed by atoms with Crippen molar-refractivity contribution in [1.82, 2.24) is 0 Å². The highest BCUT2D eigenvalue weighted by Gasteiger charge is 1.99. The van der Waals surface area contributed by atoms with Gasteiger partial charge in [0.15, 0.2) is 0 Å². The Bertz CT molecular complexity index is 128. The van der Waals surface area contributed by atoms with Gasteiger partial charge in [-0.15, -0.1) is 0 Å². The van der Waals surface area contributed by atoms with E-state index in [0.29, 0.717) is 6.54 Å². The first-order chi connectivity index (χ1) is 7.81. The van der Waals surface area contributed by atoms with Gasteiger partial charge in [-0.3, -0.25) is 0 Å². The van der Waals surface area contributed by atoms with Gasteiger partial charge >= 0.3 is 0 Å². The second-order valence-electron chi connectivity index (χ2n) is 4.86. The molecule has 98 valence electrons. The molecule has 0 heterocycles. The number of hydrogen-bond acceptors (Lipinski definition) is 2. The molecule has 0 saturated carbocycles. The number of aliphatic hydroxyl groups is 1. The molecule has 3 N–H and O–H groups in total. The van der Waals surface area contributed by atoms with Gasteiger partial charge in [-0.2, -0.15) is 0 Å². The fraction of sp³-hybridized carbons (Fsp3) is 1.00. The molecule has 1 atom stereocenters. The first kappa shape index (κ1) is 15.9. The molecule has 0 spiro atoms. The van der Waals surface area contributed by atoms with Gasteiger partial charge in [-0.05, 0) is 6.42 Å². The van der Waals surface area contributed by atoms with Crippen molar-refractivity contribution in [3.8, 4) is 0 Å². The fourth-order valence-electron chi connectivity index (χ4n) is 1.99. The third-order valence-corrected chi connectivity index (χ3v) is 3.16. The maximum atomic E-state index is 9.26. The summed E-state index contributed by atoms with van der Waals surface area (Å²) in [6.07, 6.45) is 14.1. The highest BCUT2D eigenvalue weighted by molar-refractivity contribution is 4.55. The number of nitrogens with two attached hydrogens (primary N) is 1. The molecule has 0 aromatic carbocycles. The summed E-state index contributed by atoms with van der Waals surface area (Å²) < 4.78 is 0. The Morgan fingerprint density at radius 1 is 0.812 bits per heavy atom. The van der Waals surface area contributed by atoms with Crippen LogP contribution in [0.2, 0.25) is 0 Å². The van der Waals surface area contributed by atoms with Crippen LogP contribution in [0.1, 0.15) is 77.6 Å². The van der Waals surface area contributed by atoms with E-state index in [1.165, 1.54) is 57.8 Å². The quantitative estimate of drug-likeness (QED) is 0.502. The topological polar surface area (TPSA) is 46.2 Å². The van der Waals surface area contributed by atoms with Crippen LogP contribution in [-0.4, -0.2) is 17.8 Å². The number of unbranched alkanes of at least 4 members (excludes halogenated alkanes) is 9. The number of aliphatic hydroxyl groups excluding tert-OH is 1. The molecule has 0 amide bonds. The van der Waals surface area contributed by atoms with Crippen molar-refractivity contribution in [2.75, 3.05) is 6.54 Å². The molecule has 0 aromatic heterocycles. The molecule has 2 nitrogen and oxygen atoms in total. The van der Waals surface area contributed by atoms with Gasteiger partial charge in [0.1, 0.15) is 0 Å². The molecular formula is C14H31NO. The molecule has 0 aromatic rings. The van der Waals surface area contributed by atoms with Crippen LogP contribution >= 0.6 is 0 Å². The highest BCUT2D eigenvalue weighted by Crippen LogP contribution is 2.11. The Balaban J connectivity index is 2.93. The second kappa shape index (κ2) is 13.0. The van der Waals surface area contributed by atoms with Crippen LogP contribution in [0.5, 0.6) is 0 Å². The van der Waals surface area contributed by atoms with Gasteiger partial charge in [-0.1, -0.05) is 71.1 Å². The summed E-state index contributed by atoms with van der Waals surface area (Å²) in [5.41, 5.74) is 5.34. The van der Waals surface area contributed by atoms with Gasteiger partial charge in [0.25, 0.3) is 0 Å². The summed E-state index contributed by atoms with van der Waals surface area (Å²) in [4.78, 5) is 0. The average molecular weight is 229 g/mol. The standard InChI is InChI=1S/C14H31NO/c1-2-3-4-5-6-7-8-9-10-11-12-14(16)13-15/h14,16H,2-13,15H2,1H3. The summed E-state index contributed by atoms with van der Waals surface area (Å²) in [6, 6.07) is 0. The van der Waals surface area contributed by atoms with Gasteiger partial charge in [0.05, 0.1) is 6.10 Å². The molecular weight excluding hydrogens is 198 g/mol. The molecule has 0 saturated heterocycles. The average Bonchev–Trinajstić information content (AvgIpc) is 2.31. The first-order valence-corrected chi connectivity index (χ1v) is 7.19. The molecule has 0 fully saturated rings. The molecule has 0 rings (SSSR count). The van der Waals surface area contributed by atoms with Crippen molar-refractivity contribution in [2.45, 2.75) is 83.7 Å². The van der Waals surface area contributed by atoms with Crippen LogP contribution in [-0.2, 0) is 0 Å². The van der Waals surface area contributed by atoms with E-state index < -0.39 is 0 Å². The van der Waals surface area contributed by atoms with E-state index in [4.69, 9.17) is 5.73 Å². The van der Waals surface area contributed by atoms with Gasteiger partial charge < -0.3 is 10.8 Å². The summed E-state index contributed by atoms with van der Waals surface area (Å²) in [5, 5.41) is 9.26. The second-order valence-corrected chi connectivity index (χ2v) is 4.86. The molecule has 0 aliphatic carbocycles. The van der Waals surface area contributed by atoms with Crippen LogP contribution in [0.15, 0.2) is 0 Å². The third kappa shape index (κ3) is 12.0. The van der Waals surface area contributed by atoms with Crippen molar-refractivity contribution in [3.63, 3.8) is 0 Å². The predicted octanol–water partition coefficient (Wildman–Crippen LogP) is 3.62. The van der Waals surface area contributed by atoms with Crippen molar-refractivity contribution in [3.05, 3.63) is 0 Å². The minimum Gasteiger partial charge on any atom is -0.392 e. The Morgan fingerprint density at radius 3 is 1.69 bits per heavy atom. The van der Waals surface area contributed by atoms with Crippen LogP contribution in [0.25, 0.3) is 0 Å². The van der Waals surface area contributed by atoms with E-state index in [1.54, 1.807) is 0 Å². The number of rotatable bonds is 12. The van der Waals surface area contributed by atoms with Crippen molar-refractivity contribution in [1.29, 1.82) is 0 Å². The normalized spacial score (nSPS) is 12.9. The largest absolute Gasteiger partial charge is 0.392 e. The van der Waals surface area contributed by atoms with Gasteiger partial charge in [-0.25, -0.2) is 0 Å². The lowest BCUT2D eigenvalue weighted by Crippen LogP contribution is -2.19. The van der Waals surface area contributed by atoms with Crippen molar-refractivity contribution in [2.24, 2.45) is 5.73 Å². The minimum atomic E-state index is -0.269. The zero-order chi connectivity index (χ0) is 12.1. The summed E-state index contributed by atoms with van der Waals surface area (Å²) in [6.45, 7) is 2.67. The molecule has 2 heteroatoms. The maximum Gasteiger partial charge on any atom is 0.0662 e. The Kier molecular flexibility index (Phi) is 12.9. The van der Waals surface area contributed by atoms with Gasteiger partial charge in [0, 0.05) is 6.54 Å². The predicted molar refractivity (Wildman–Crippen MR) is 71.5 cm³/mol. The highest BCUT2D eigenvalue weighted by atomic mass is 16.3. The SMILES string of the molecule is CCCCCCCCCCCCC(O)CN. The van der Waals surface area contributed by atoms with Crippen molar-refractivity contribution >= 4 is 0 Å². The Labute approximate surface area is 102 Å². The lowest BCUT2D eigenvalue weighted by molar-refractivity contribution is 0.168. The molecule has 16 heavy (non-hydrogen) atoms. The van der Waals surface area contributed by atoms with E-state index >= 15 is 0 Å². The zero-order valence-corrected chi connectivity index (χ0v) is 11.1. The van der Waals surface area contributed by atoms with E-state index in [2.05, 4.69) is 6.92 Å². The van der Waals surface area contributed by atoms with Gasteiger partial charge in [0.2, 0.25) is 0 Å². The maximum absolute atomic E-state index is 9.26. The minimum absolute atomic E-state index is 0.269. The van der Waals surface area contributed by atoms with E-state index in [9.17, 15) is 5.11 Å². The molecule has 0 aliphatic heterocycles. The first-order valence-electron chi connectivity index (χ1n) is 7.19. The van der Waals surface area contributed by atoms with Crippen LogP contribution in [0.4, 0.5) is 0 Å². The molecule has 1 unspecified atom stereocenters. The monoisotopic (exact) mass is 229 g/mol. The number of hydrogen-bond donors (Lipinski definition) is 2. The molecule has 0 radical (unpaired) electrons. The lowest BCUT2D eigenvalue weighted by Gasteiger charge is -2.06. The van der Waals surface area contributed by atoms with E-state index in [0.717, 1.165) is 12.8 Å². The van der Waals surface area contributed by atoms with E-state index in [1.807, 2.05) is 0 Å². The Morgan fingerprint density at radius 2 is 1.25 bits per heavy atom. The smallest absolute Gasteiger partial charge is 0.0662 e. The van der Waals surface area contributed by atoms with Crippen LogP contribution in [0.3, 0.4) is 0 Å². The lowest BCUT2D eigenvalue weighted by atomic mass is 10.0. The van der Waals surface area contributed by atoms with E-state index in [-0.39, 0.29) is 6.10 Å². The zero-order valence-electron chi connectivity index (χ0n) is 11.1. The fourth-order valence-corrected chi connectivity index (χ4v) is 1.99.